The number of aromatic nitrogens is 1. The van der Waals surface area contributed by atoms with Crippen LogP contribution in [0.3, 0.4) is 0 Å². The Hall–Kier alpha value is -2.79. The lowest BCUT2D eigenvalue weighted by atomic mass is 10.2. The van der Waals surface area contributed by atoms with Gasteiger partial charge in [-0.2, -0.15) is 0 Å². The SMILES string of the molecule is CCN(CC)CCOc1ccc(N2C=CC(OCc3ccccn3)=CC2)cc1. The van der Waals surface area contributed by atoms with Gasteiger partial charge < -0.3 is 19.3 Å². The predicted molar refractivity (Wildman–Crippen MR) is 113 cm³/mol. The summed E-state index contributed by atoms with van der Waals surface area (Å²) < 4.78 is 11.7. The Kier molecular flexibility index (Phi) is 7.50. The minimum Gasteiger partial charge on any atom is -0.492 e. The summed E-state index contributed by atoms with van der Waals surface area (Å²) in [6.07, 6.45) is 7.89. The molecular weight excluding hydrogens is 350 g/mol. The van der Waals surface area contributed by atoms with Gasteiger partial charge in [-0.15, -0.1) is 0 Å². The van der Waals surface area contributed by atoms with Gasteiger partial charge in [0.1, 0.15) is 24.7 Å². The Morgan fingerprint density at radius 2 is 1.86 bits per heavy atom. The number of benzene rings is 1. The van der Waals surface area contributed by atoms with Gasteiger partial charge >= 0.3 is 0 Å². The monoisotopic (exact) mass is 379 g/mol. The zero-order valence-corrected chi connectivity index (χ0v) is 16.8. The molecule has 148 valence electrons. The second-order valence-corrected chi connectivity index (χ2v) is 6.55. The van der Waals surface area contributed by atoms with E-state index in [4.69, 9.17) is 9.47 Å². The molecule has 0 saturated carbocycles. The fraction of sp³-hybridized carbons (Fsp3) is 0.348. The molecule has 2 aromatic rings. The average Bonchev–Trinajstić information content (AvgIpc) is 2.77. The molecule has 28 heavy (non-hydrogen) atoms. The minimum atomic E-state index is 0.483. The van der Waals surface area contributed by atoms with Crippen LogP contribution in [-0.4, -0.2) is 42.7 Å². The van der Waals surface area contributed by atoms with Gasteiger partial charge in [0.15, 0.2) is 0 Å². The van der Waals surface area contributed by atoms with Crippen LogP contribution in [0.4, 0.5) is 5.69 Å². The lowest BCUT2D eigenvalue weighted by Gasteiger charge is -2.23. The molecule has 0 N–H and O–H groups in total. The van der Waals surface area contributed by atoms with E-state index in [0.29, 0.717) is 13.2 Å². The molecule has 1 aromatic carbocycles. The Bertz CT molecular complexity index is 768. The summed E-state index contributed by atoms with van der Waals surface area (Å²) in [5, 5.41) is 0. The van der Waals surface area contributed by atoms with Crippen LogP contribution in [-0.2, 0) is 11.3 Å². The van der Waals surface area contributed by atoms with Gasteiger partial charge in [-0.05, 0) is 61.6 Å². The van der Waals surface area contributed by atoms with Crippen molar-refractivity contribution >= 4 is 5.69 Å². The maximum atomic E-state index is 5.86. The first-order chi connectivity index (χ1) is 13.8. The van der Waals surface area contributed by atoms with E-state index in [1.54, 1.807) is 6.20 Å². The summed E-state index contributed by atoms with van der Waals surface area (Å²) in [6.45, 7) is 9.39. The second kappa shape index (κ2) is 10.5. The molecule has 0 saturated heterocycles. The van der Waals surface area contributed by atoms with E-state index in [9.17, 15) is 0 Å². The van der Waals surface area contributed by atoms with Gasteiger partial charge in [-0.25, -0.2) is 0 Å². The molecule has 5 nitrogen and oxygen atoms in total. The molecule has 0 amide bonds. The third-order valence-electron chi connectivity index (χ3n) is 4.76. The van der Waals surface area contributed by atoms with Crippen molar-refractivity contribution in [3.8, 4) is 5.75 Å². The first-order valence-corrected chi connectivity index (χ1v) is 9.91. The minimum absolute atomic E-state index is 0.483. The van der Waals surface area contributed by atoms with E-state index in [0.717, 1.165) is 49.1 Å². The second-order valence-electron chi connectivity index (χ2n) is 6.55. The van der Waals surface area contributed by atoms with Crippen LogP contribution in [0.1, 0.15) is 19.5 Å². The molecule has 0 aliphatic carbocycles. The van der Waals surface area contributed by atoms with Crippen molar-refractivity contribution in [2.75, 3.05) is 37.7 Å². The molecule has 3 rings (SSSR count). The number of anilines is 1. The molecule has 5 heteroatoms. The van der Waals surface area contributed by atoms with Crippen molar-refractivity contribution < 1.29 is 9.47 Å². The average molecular weight is 380 g/mol. The van der Waals surface area contributed by atoms with Gasteiger partial charge in [0.25, 0.3) is 0 Å². The first-order valence-electron chi connectivity index (χ1n) is 9.91. The number of rotatable bonds is 10. The maximum absolute atomic E-state index is 5.86. The normalized spacial score (nSPS) is 13.5. The number of likely N-dealkylation sites (N-methyl/N-ethyl adjacent to an activating group) is 1. The summed E-state index contributed by atoms with van der Waals surface area (Å²) in [4.78, 5) is 8.80. The van der Waals surface area contributed by atoms with Crippen molar-refractivity contribution in [3.63, 3.8) is 0 Å². The molecule has 0 atom stereocenters. The molecule has 0 spiro atoms. The van der Waals surface area contributed by atoms with Crippen molar-refractivity contribution in [3.05, 3.63) is 78.5 Å². The van der Waals surface area contributed by atoms with Crippen molar-refractivity contribution in [1.29, 1.82) is 0 Å². The van der Waals surface area contributed by atoms with E-state index in [1.807, 2.05) is 42.6 Å². The number of ether oxygens (including phenoxy) is 2. The highest BCUT2D eigenvalue weighted by atomic mass is 16.5. The molecule has 0 unspecified atom stereocenters. The van der Waals surface area contributed by atoms with Crippen LogP contribution in [0.15, 0.2) is 72.8 Å². The highest BCUT2D eigenvalue weighted by Crippen LogP contribution is 2.22. The number of pyridine rings is 1. The number of nitrogens with zero attached hydrogens (tertiary/aromatic N) is 3. The van der Waals surface area contributed by atoms with Crippen molar-refractivity contribution in [2.45, 2.75) is 20.5 Å². The number of hydrogen-bond acceptors (Lipinski definition) is 5. The Balaban J connectivity index is 1.45. The highest BCUT2D eigenvalue weighted by molar-refractivity contribution is 5.53. The Morgan fingerprint density at radius 3 is 2.50 bits per heavy atom. The third kappa shape index (κ3) is 5.86. The van der Waals surface area contributed by atoms with Crippen LogP contribution in [0.25, 0.3) is 0 Å². The molecule has 0 fully saturated rings. The Morgan fingerprint density at radius 1 is 1.04 bits per heavy atom. The fourth-order valence-corrected chi connectivity index (χ4v) is 2.99. The summed E-state index contributed by atoms with van der Waals surface area (Å²) in [7, 11) is 0. The fourth-order valence-electron chi connectivity index (χ4n) is 2.99. The van der Waals surface area contributed by atoms with Gasteiger partial charge in [0.2, 0.25) is 0 Å². The van der Waals surface area contributed by atoms with E-state index in [1.165, 1.54) is 0 Å². The molecule has 1 aliphatic heterocycles. The molecule has 0 radical (unpaired) electrons. The standard InChI is InChI=1S/C23H29N3O2/c1-3-25(4-2)17-18-27-22-10-8-21(9-11-22)26-15-12-23(13-16-26)28-19-20-7-5-6-14-24-20/h5-15H,3-4,16-19H2,1-2H3. The summed E-state index contributed by atoms with van der Waals surface area (Å²) in [5.41, 5.74) is 2.06. The quantitative estimate of drug-likeness (QED) is 0.617. The Labute approximate surface area is 167 Å². The molecule has 1 aliphatic rings. The smallest absolute Gasteiger partial charge is 0.130 e. The van der Waals surface area contributed by atoms with Crippen LogP contribution in [0, 0.1) is 0 Å². The molecular formula is C23H29N3O2. The lowest BCUT2D eigenvalue weighted by Crippen LogP contribution is -2.27. The molecule has 0 bridgehead atoms. The van der Waals surface area contributed by atoms with Gasteiger partial charge in [0, 0.05) is 31.2 Å². The van der Waals surface area contributed by atoms with Crippen LogP contribution < -0.4 is 9.64 Å². The topological polar surface area (TPSA) is 37.8 Å². The van der Waals surface area contributed by atoms with Crippen LogP contribution >= 0.6 is 0 Å². The number of hydrogen-bond donors (Lipinski definition) is 0. The zero-order valence-electron chi connectivity index (χ0n) is 16.8. The highest BCUT2D eigenvalue weighted by Gasteiger charge is 2.08. The predicted octanol–water partition coefficient (Wildman–Crippen LogP) is 4.24. The van der Waals surface area contributed by atoms with Gasteiger partial charge in [-0.3, -0.25) is 4.98 Å². The number of allylic oxidation sites excluding steroid dienone is 1. The first kappa shape index (κ1) is 20.0. The molecule has 2 heterocycles. The molecule has 1 aromatic heterocycles. The van der Waals surface area contributed by atoms with Crippen molar-refractivity contribution in [1.82, 2.24) is 9.88 Å². The lowest BCUT2D eigenvalue weighted by molar-refractivity contribution is 0.206. The van der Waals surface area contributed by atoms with Crippen LogP contribution in [0.2, 0.25) is 0 Å². The summed E-state index contributed by atoms with van der Waals surface area (Å²) in [5.74, 6) is 1.78. The summed E-state index contributed by atoms with van der Waals surface area (Å²) in [6, 6.07) is 14.1. The van der Waals surface area contributed by atoms with E-state index in [-0.39, 0.29) is 0 Å². The third-order valence-corrected chi connectivity index (χ3v) is 4.76. The largest absolute Gasteiger partial charge is 0.492 e. The maximum Gasteiger partial charge on any atom is 0.130 e. The van der Waals surface area contributed by atoms with E-state index >= 15 is 0 Å². The van der Waals surface area contributed by atoms with Gasteiger partial charge in [-0.1, -0.05) is 19.9 Å². The van der Waals surface area contributed by atoms with E-state index in [2.05, 4.69) is 46.8 Å². The van der Waals surface area contributed by atoms with Gasteiger partial charge in [0.05, 0.1) is 5.69 Å². The van der Waals surface area contributed by atoms with Crippen LogP contribution in [0.5, 0.6) is 5.75 Å². The van der Waals surface area contributed by atoms with Crippen molar-refractivity contribution in [2.24, 2.45) is 0 Å². The summed E-state index contributed by atoms with van der Waals surface area (Å²) >= 11 is 0. The zero-order chi connectivity index (χ0) is 19.6. The van der Waals surface area contributed by atoms with E-state index < -0.39 is 0 Å².